The van der Waals surface area contributed by atoms with Gasteiger partial charge in [-0.25, -0.2) is 14.8 Å². The molecule has 51 heavy (non-hydrogen) atoms. The Labute approximate surface area is 299 Å². The van der Waals surface area contributed by atoms with Gasteiger partial charge in [0.25, 0.3) is 0 Å². The Hall–Kier alpha value is -5.13. The van der Waals surface area contributed by atoms with E-state index in [2.05, 4.69) is 33.1 Å². The van der Waals surface area contributed by atoms with E-state index < -0.39 is 5.60 Å². The fraction of sp³-hybridized carbons (Fsp3) is 0.375. The van der Waals surface area contributed by atoms with Gasteiger partial charge in [-0.15, -0.1) is 0 Å². The van der Waals surface area contributed by atoms with Crippen molar-refractivity contribution in [3.05, 3.63) is 102 Å². The first-order valence-corrected chi connectivity index (χ1v) is 17.7. The number of ether oxygens (including phenoxy) is 3. The van der Waals surface area contributed by atoms with Gasteiger partial charge in [-0.3, -0.25) is 4.68 Å². The lowest BCUT2D eigenvalue weighted by Crippen LogP contribution is -2.59. The molecule has 266 valence electrons. The van der Waals surface area contributed by atoms with Crippen molar-refractivity contribution in [2.45, 2.75) is 39.6 Å². The molecule has 1 amide bonds. The van der Waals surface area contributed by atoms with Crippen LogP contribution in [0, 0.1) is 0 Å². The maximum Gasteiger partial charge on any atom is 0.410 e. The number of anilines is 1. The molecule has 0 bridgehead atoms. The number of hydrogen-bond donors (Lipinski definition) is 0. The molecule has 0 radical (unpaired) electrons. The first-order chi connectivity index (χ1) is 24.7. The van der Waals surface area contributed by atoms with Crippen LogP contribution >= 0.6 is 0 Å². The lowest BCUT2D eigenvalue weighted by atomic mass is 10.1. The van der Waals surface area contributed by atoms with Gasteiger partial charge in [-0.1, -0.05) is 60.7 Å². The summed E-state index contributed by atoms with van der Waals surface area (Å²) in [6.07, 6.45) is -0.224. The molecule has 0 spiro atoms. The fourth-order valence-electron chi connectivity index (χ4n) is 6.62. The Morgan fingerprint density at radius 1 is 0.725 bits per heavy atom. The number of amides is 1. The maximum absolute atomic E-state index is 12.5. The van der Waals surface area contributed by atoms with E-state index in [9.17, 15) is 4.79 Å². The number of hydrogen-bond acceptors (Lipinski definition) is 9. The molecule has 11 heteroatoms. The van der Waals surface area contributed by atoms with Gasteiger partial charge in [0.1, 0.15) is 24.5 Å². The van der Waals surface area contributed by atoms with Gasteiger partial charge in [0, 0.05) is 76.5 Å². The molecular weight excluding hydrogens is 642 g/mol. The van der Waals surface area contributed by atoms with Gasteiger partial charge in [0.05, 0.1) is 11.1 Å². The van der Waals surface area contributed by atoms with Crippen LogP contribution in [-0.4, -0.2) is 93.7 Å². The van der Waals surface area contributed by atoms with Crippen molar-refractivity contribution in [1.82, 2.24) is 29.7 Å². The quantitative estimate of drug-likeness (QED) is 0.175. The Balaban J connectivity index is 1.04. The van der Waals surface area contributed by atoms with Crippen LogP contribution in [0.2, 0.25) is 0 Å². The average molecular weight is 690 g/mol. The normalized spacial score (nSPS) is 16.0. The molecular formula is C40H47N7O4. The third-order valence-corrected chi connectivity index (χ3v) is 9.30. The summed E-state index contributed by atoms with van der Waals surface area (Å²) in [5, 5.41) is 10.8. The minimum absolute atomic E-state index is 0.224. The second-order valence-electron chi connectivity index (χ2n) is 14.1. The minimum atomic E-state index is -0.481. The van der Waals surface area contributed by atoms with E-state index in [0.29, 0.717) is 38.1 Å². The number of hydrazine groups is 1. The molecule has 0 aliphatic carbocycles. The first kappa shape index (κ1) is 34.3. The van der Waals surface area contributed by atoms with E-state index in [4.69, 9.17) is 24.3 Å². The van der Waals surface area contributed by atoms with E-state index in [0.717, 1.165) is 72.6 Å². The molecule has 2 aromatic heterocycles. The van der Waals surface area contributed by atoms with Gasteiger partial charge >= 0.3 is 6.09 Å². The van der Waals surface area contributed by atoms with E-state index >= 15 is 0 Å². The van der Waals surface area contributed by atoms with Crippen molar-refractivity contribution < 1.29 is 19.0 Å². The average Bonchev–Trinajstić information content (AvgIpc) is 3.48. The summed E-state index contributed by atoms with van der Waals surface area (Å²) in [6.45, 7) is 13.2. The van der Waals surface area contributed by atoms with Crippen LogP contribution in [0.25, 0.3) is 22.2 Å². The lowest BCUT2D eigenvalue weighted by Gasteiger charge is -2.45. The number of pyridine rings is 1. The highest BCUT2D eigenvalue weighted by atomic mass is 16.6. The standard InChI is InChI=1S/C40H47N7O4/c1-40(2,3)51-39(48)45-21-25-47(26-22-45)46-23-19-44(20-24-46)32-15-16-33-35(27-32)43(4)42-37(33)34-17-18-36(49-28-30-11-7-5-8-12-30)41-38(34)50-29-31-13-9-6-10-14-31/h5-18,27H,19-26,28-29H2,1-4H3. The predicted molar refractivity (Wildman–Crippen MR) is 199 cm³/mol. The zero-order valence-electron chi connectivity index (χ0n) is 30.0. The topological polar surface area (TPSA) is 88.4 Å². The monoisotopic (exact) mass is 689 g/mol. The number of carbonyl (C=O) groups excluding carboxylic acids is 1. The van der Waals surface area contributed by atoms with Crippen molar-refractivity contribution in [2.24, 2.45) is 7.05 Å². The summed E-state index contributed by atoms with van der Waals surface area (Å²) >= 11 is 0. The van der Waals surface area contributed by atoms with Crippen LogP contribution in [0.15, 0.2) is 91.0 Å². The molecule has 5 aromatic rings. The Morgan fingerprint density at radius 3 is 1.96 bits per heavy atom. The number of aromatic nitrogens is 3. The van der Waals surface area contributed by atoms with Gasteiger partial charge < -0.3 is 24.0 Å². The number of fused-ring (bicyclic) bond motifs is 1. The van der Waals surface area contributed by atoms with Crippen molar-refractivity contribution in [3.8, 4) is 23.0 Å². The summed E-state index contributed by atoms with van der Waals surface area (Å²) in [5.74, 6) is 0.980. The number of piperazine rings is 2. The second kappa shape index (κ2) is 15.0. The van der Waals surface area contributed by atoms with Crippen molar-refractivity contribution >= 4 is 22.7 Å². The molecule has 2 fully saturated rings. The van der Waals surface area contributed by atoms with Crippen molar-refractivity contribution in [1.29, 1.82) is 0 Å². The molecule has 2 aliphatic rings. The van der Waals surface area contributed by atoms with Gasteiger partial charge in [-0.05, 0) is 56.2 Å². The smallest absolute Gasteiger partial charge is 0.410 e. The van der Waals surface area contributed by atoms with Crippen molar-refractivity contribution in [3.63, 3.8) is 0 Å². The van der Waals surface area contributed by atoms with Crippen LogP contribution in [-0.2, 0) is 25.0 Å². The maximum atomic E-state index is 12.5. The van der Waals surface area contributed by atoms with Crippen LogP contribution in [0.3, 0.4) is 0 Å². The van der Waals surface area contributed by atoms with Crippen molar-refractivity contribution in [2.75, 3.05) is 57.3 Å². The van der Waals surface area contributed by atoms with Gasteiger partial charge in [0.2, 0.25) is 11.8 Å². The summed E-state index contributed by atoms with van der Waals surface area (Å²) in [6, 6.07) is 30.6. The van der Waals surface area contributed by atoms with E-state index in [1.807, 2.05) is 110 Å². The first-order valence-electron chi connectivity index (χ1n) is 17.7. The molecule has 11 nitrogen and oxygen atoms in total. The molecule has 4 heterocycles. The van der Waals surface area contributed by atoms with Crippen LogP contribution in [0.5, 0.6) is 11.8 Å². The van der Waals surface area contributed by atoms with Crippen LogP contribution in [0.1, 0.15) is 31.9 Å². The Kier molecular flexibility index (Phi) is 10.1. The van der Waals surface area contributed by atoms with E-state index in [1.54, 1.807) is 0 Å². The fourth-order valence-corrected chi connectivity index (χ4v) is 6.62. The van der Waals surface area contributed by atoms with Crippen LogP contribution in [0.4, 0.5) is 10.5 Å². The molecule has 0 saturated carbocycles. The number of nitrogens with zero attached hydrogens (tertiary/aromatic N) is 7. The SMILES string of the molecule is Cn1nc(-c2ccc(OCc3ccccc3)nc2OCc2ccccc2)c2ccc(N3CCN(N4CCN(C(=O)OC(C)(C)C)CC4)CC3)cc21. The van der Waals surface area contributed by atoms with Gasteiger partial charge in [-0.2, -0.15) is 10.1 Å². The van der Waals surface area contributed by atoms with Gasteiger partial charge in [0.15, 0.2) is 0 Å². The highest BCUT2D eigenvalue weighted by Gasteiger charge is 2.30. The molecule has 3 aromatic carbocycles. The predicted octanol–water partition coefficient (Wildman–Crippen LogP) is 6.38. The molecule has 0 unspecified atom stereocenters. The minimum Gasteiger partial charge on any atom is -0.473 e. The largest absolute Gasteiger partial charge is 0.473 e. The number of carbonyl (C=O) groups is 1. The summed E-state index contributed by atoms with van der Waals surface area (Å²) < 4.78 is 20.0. The Bertz CT molecular complexity index is 1930. The zero-order chi connectivity index (χ0) is 35.4. The third-order valence-electron chi connectivity index (χ3n) is 9.30. The molecule has 2 saturated heterocycles. The van der Waals surface area contributed by atoms with Crippen LogP contribution < -0.4 is 14.4 Å². The third kappa shape index (κ3) is 8.27. The highest BCUT2D eigenvalue weighted by molar-refractivity contribution is 5.96. The molecule has 0 N–H and O–H groups in total. The summed E-state index contributed by atoms with van der Waals surface area (Å²) in [4.78, 5) is 21.6. The number of benzene rings is 3. The summed E-state index contributed by atoms with van der Waals surface area (Å²) in [7, 11) is 1.99. The van der Waals surface area contributed by atoms with E-state index in [1.165, 1.54) is 5.69 Å². The molecule has 2 aliphatic heterocycles. The number of rotatable bonds is 9. The number of aryl methyl sites for hydroxylation is 1. The molecule has 0 atom stereocenters. The second-order valence-corrected chi connectivity index (χ2v) is 14.1. The molecule has 7 rings (SSSR count). The Morgan fingerprint density at radius 2 is 1.33 bits per heavy atom. The lowest BCUT2D eigenvalue weighted by molar-refractivity contribution is -0.0633. The van der Waals surface area contributed by atoms with E-state index in [-0.39, 0.29) is 6.09 Å². The summed E-state index contributed by atoms with van der Waals surface area (Å²) in [5.41, 5.74) is 5.50. The zero-order valence-corrected chi connectivity index (χ0v) is 30.0. The highest BCUT2D eigenvalue weighted by Crippen LogP contribution is 2.36.